The zero-order chi connectivity index (χ0) is 21.9. The first-order chi connectivity index (χ1) is 14.3. The molecule has 2 amide bonds. The maximum atomic E-state index is 12.8. The lowest BCUT2D eigenvalue weighted by Crippen LogP contribution is -2.58. The van der Waals surface area contributed by atoms with Gasteiger partial charge in [0.15, 0.2) is 11.9 Å². The molecule has 0 spiro atoms. The number of ketones is 1. The maximum Gasteiger partial charge on any atom is 0.451 e. The molecule has 3 rings (SSSR count). The summed E-state index contributed by atoms with van der Waals surface area (Å²) in [6, 6.07) is -0.455. The predicted octanol–water partition coefficient (Wildman–Crippen LogP) is 2.83. The SMILES string of the molecule is CCCCC1OC([N+]2(C)C=CC(N)=NC2=O)C(OC(=O)/C=C\C(C)=O)C1C1CCC1. The molecule has 0 aromatic carbocycles. The van der Waals surface area contributed by atoms with Crippen LogP contribution in [0, 0.1) is 11.8 Å². The van der Waals surface area contributed by atoms with Gasteiger partial charge in [0.1, 0.15) is 12.0 Å². The average Bonchev–Trinajstić information content (AvgIpc) is 2.99. The van der Waals surface area contributed by atoms with Crippen LogP contribution in [-0.2, 0) is 19.1 Å². The molecule has 0 aromatic rings. The number of allylic oxidation sites excluding steroid dienone is 1. The van der Waals surface area contributed by atoms with Gasteiger partial charge < -0.3 is 15.2 Å². The highest BCUT2D eigenvalue weighted by Gasteiger charge is 2.60. The van der Waals surface area contributed by atoms with Crippen LogP contribution < -0.4 is 5.73 Å². The van der Waals surface area contributed by atoms with E-state index >= 15 is 0 Å². The highest BCUT2D eigenvalue weighted by Crippen LogP contribution is 2.47. The smallest absolute Gasteiger partial charge is 0.449 e. The van der Waals surface area contributed by atoms with Crippen molar-refractivity contribution in [1.29, 1.82) is 0 Å². The van der Waals surface area contributed by atoms with Crippen LogP contribution in [0.4, 0.5) is 4.79 Å². The van der Waals surface area contributed by atoms with E-state index in [9.17, 15) is 14.4 Å². The Bertz CT molecular complexity index is 786. The highest BCUT2D eigenvalue weighted by molar-refractivity contribution is 5.99. The van der Waals surface area contributed by atoms with E-state index in [4.69, 9.17) is 15.2 Å². The lowest BCUT2D eigenvalue weighted by Gasteiger charge is -2.38. The summed E-state index contributed by atoms with van der Waals surface area (Å²) in [5.41, 5.74) is 5.69. The van der Waals surface area contributed by atoms with Crippen molar-refractivity contribution in [3.05, 3.63) is 24.4 Å². The molecule has 1 saturated heterocycles. The Kier molecular flexibility index (Phi) is 6.88. The molecule has 5 unspecified atom stereocenters. The van der Waals surface area contributed by atoms with Gasteiger partial charge >= 0.3 is 12.0 Å². The molecule has 0 radical (unpaired) electrons. The second-order valence-corrected chi connectivity index (χ2v) is 8.60. The van der Waals surface area contributed by atoms with Gasteiger partial charge in [-0.2, -0.15) is 4.48 Å². The van der Waals surface area contributed by atoms with Crippen LogP contribution in [-0.4, -0.2) is 53.6 Å². The van der Waals surface area contributed by atoms with Crippen LogP contribution in [0.2, 0.25) is 0 Å². The van der Waals surface area contributed by atoms with Crippen molar-refractivity contribution in [3.8, 4) is 0 Å². The Morgan fingerprint density at radius 2 is 2.10 bits per heavy atom. The first kappa shape index (κ1) is 22.4. The Morgan fingerprint density at radius 1 is 1.37 bits per heavy atom. The van der Waals surface area contributed by atoms with Crippen LogP contribution in [0.3, 0.4) is 0 Å². The zero-order valence-corrected chi connectivity index (χ0v) is 18.0. The molecule has 5 atom stereocenters. The number of likely N-dealkylation sites (N-methyl/N-ethyl adjacent to an activating group) is 1. The van der Waals surface area contributed by atoms with Crippen LogP contribution in [0.25, 0.3) is 0 Å². The number of rotatable bonds is 8. The van der Waals surface area contributed by atoms with Gasteiger partial charge in [0.05, 0.1) is 13.2 Å². The van der Waals surface area contributed by atoms with Crippen molar-refractivity contribution < 1.29 is 28.3 Å². The van der Waals surface area contributed by atoms with E-state index in [0.29, 0.717) is 5.92 Å². The summed E-state index contributed by atoms with van der Waals surface area (Å²) in [4.78, 5) is 40.4. The normalized spacial score (nSPS) is 34.1. The number of urea groups is 1. The minimum absolute atomic E-state index is 0.00406. The van der Waals surface area contributed by atoms with Crippen LogP contribution >= 0.6 is 0 Å². The summed E-state index contributed by atoms with van der Waals surface area (Å²) in [5, 5.41) is 0. The molecule has 1 saturated carbocycles. The number of hydrogen-bond acceptors (Lipinski definition) is 6. The summed E-state index contributed by atoms with van der Waals surface area (Å²) < 4.78 is 12.0. The number of nitrogens with zero attached hydrogens (tertiary/aromatic N) is 2. The van der Waals surface area contributed by atoms with Crippen LogP contribution in [0.5, 0.6) is 0 Å². The van der Waals surface area contributed by atoms with E-state index in [-0.39, 0.29) is 28.1 Å². The van der Waals surface area contributed by atoms with Crippen molar-refractivity contribution in [3.63, 3.8) is 0 Å². The van der Waals surface area contributed by atoms with E-state index in [1.54, 1.807) is 19.3 Å². The number of quaternary nitrogens is 1. The lowest BCUT2D eigenvalue weighted by atomic mass is 9.71. The number of amidine groups is 1. The van der Waals surface area contributed by atoms with Crippen molar-refractivity contribution >= 4 is 23.6 Å². The number of esters is 1. The molecule has 2 heterocycles. The Morgan fingerprint density at radius 3 is 2.67 bits per heavy atom. The van der Waals surface area contributed by atoms with Gasteiger partial charge in [0.25, 0.3) is 0 Å². The van der Waals surface area contributed by atoms with Crippen LogP contribution in [0.1, 0.15) is 52.4 Å². The standard InChI is InChI=1S/C22H31N3O5/c1-4-5-9-16-19(15-7-6-8-15)20(30-18(27)11-10-14(2)26)21(29-16)25(3)13-12-17(23)24-22(25)28/h10-13,15-16,19-21H,4-9H2,1-3H3,(H-,23,24,28)/p+1/b11-10-. The van der Waals surface area contributed by atoms with E-state index in [2.05, 4.69) is 11.9 Å². The van der Waals surface area contributed by atoms with Gasteiger partial charge in [-0.15, -0.1) is 4.99 Å². The number of carbonyl (C=O) groups excluding carboxylic acids is 3. The van der Waals surface area contributed by atoms with Gasteiger partial charge in [-0.05, 0) is 38.2 Å². The zero-order valence-electron chi connectivity index (χ0n) is 18.0. The van der Waals surface area contributed by atoms with Crippen LogP contribution in [0.15, 0.2) is 29.4 Å². The molecular formula is C22H32N3O5+. The van der Waals surface area contributed by atoms with Crippen molar-refractivity contribution in [1.82, 2.24) is 0 Å². The number of aliphatic imine (C=N–C) groups is 1. The fourth-order valence-corrected chi connectivity index (χ4v) is 4.48. The molecule has 0 aromatic heterocycles. The molecule has 1 aliphatic carbocycles. The Labute approximate surface area is 177 Å². The highest BCUT2D eigenvalue weighted by atomic mass is 16.6. The quantitative estimate of drug-likeness (QED) is 0.369. The second-order valence-electron chi connectivity index (χ2n) is 8.60. The largest absolute Gasteiger partial charge is 0.451 e. The Balaban J connectivity index is 1.93. The number of ether oxygens (including phenoxy) is 2. The molecule has 164 valence electrons. The van der Waals surface area contributed by atoms with Crippen molar-refractivity contribution in [2.45, 2.75) is 70.8 Å². The minimum atomic E-state index is -0.715. The van der Waals surface area contributed by atoms with Crippen molar-refractivity contribution in [2.75, 3.05) is 7.05 Å². The van der Waals surface area contributed by atoms with Gasteiger partial charge in [0, 0.05) is 18.1 Å². The molecule has 3 aliphatic rings. The minimum Gasteiger partial charge on any atom is -0.449 e. The monoisotopic (exact) mass is 418 g/mol. The molecule has 2 aliphatic heterocycles. The fraction of sp³-hybridized carbons (Fsp3) is 0.636. The second kappa shape index (κ2) is 9.22. The molecule has 0 bridgehead atoms. The Hall–Kier alpha value is -2.32. The number of amides is 2. The van der Waals surface area contributed by atoms with E-state index in [1.165, 1.54) is 13.0 Å². The molecule has 8 heteroatoms. The third kappa shape index (κ3) is 4.54. The molecule has 8 nitrogen and oxygen atoms in total. The van der Waals surface area contributed by atoms with Gasteiger partial charge in [0.2, 0.25) is 6.23 Å². The summed E-state index contributed by atoms with van der Waals surface area (Å²) in [7, 11) is 1.70. The predicted molar refractivity (Wildman–Crippen MR) is 111 cm³/mol. The summed E-state index contributed by atoms with van der Waals surface area (Å²) in [6.45, 7) is 3.49. The number of carbonyl (C=O) groups is 3. The molecular weight excluding hydrogens is 386 g/mol. The third-order valence-electron chi connectivity index (χ3n) is 6.37. The number of hydrogen-bond donors (Lipinski definition) is 1. The first-order valence-electron chi connectivity index (χ1n) is 10.7. The third-order valence-corrected chi connectivity index (χ3v) is 6.37. The molecule has 30 heavy (non-hydrogen) atoms. The summed E-state index contributed by atoms with van der Waals surface area (Å²) in [5.74, 6) is -0.308. The van der Waals surface area contributed by atoms with Gasteiger partial charge in [-0.25, -0.2) is 9.59 Å². The summed E-state index contributed by atoms with van der Waals surface area (Å²) >= 11 is 0. The summed E-state index contributed by atoms with van der Waals surface area (Å²) in [6.07, 6.45) is 10.2. The fourth-order valence-electron chi connectivity index (χ4n) is 4.48. The van der Waals surface area contributed by atoms with E-state index < -0.39 is 24.3 Å². The van der Waals surface area contributed by atoms with Gasteiger partial charge in [-0.1, -0.05) is 26.2 Å². The first-order valence-corrected chi connectivity index (χ1v) is 10.7. The van der Waals surface area contributed by atoms with E-state index in [1.807, 2.05) is 0 Å². The lowest BCUT2D eigenvalue weighted by molar-refractivity contribution is -0.834. The van der Waals surface area contributed by atoms with E-state index in [0.717, 1.165) is 44.6 Å². The number of nitrogens with two attached hydrogens (primary N) is 1. The topological polar surface area (TPSA) is 108 Å². The average molecular weight is 419 g/mol. The van der Waals surface area contributed by atoms with Crippen molar-refractivity contribution in [2.24, 2.45) is 22.6 Å². The van der Waals surface area contributed by atoms with Gasteiger partial charge in [-0.3, -0.25) is 4.79 Å². The number of unbranched alkanes of at least 4 members (excludes halogenated alkanes) is 1. The molecule has 2 N–H and O–H groups in total. The molecule has 2 fully saturated rings. The maximum absolute atomic E-state index is 12.8.